The van der Waals surface area contributed by atoms with Crippen LogP contribution in [-0.4, -0.2) is 7.05 Å². The predicted molar refractivity (Wildman–Crippen MR) is 79.8 cm³/mol. The molecule has 2 rings (SSSR count). The van der Waals surface area contributed by atoms with Gasteiger partial charge in [0.25, 0.3) is 0 Å². The molecule has 18 heavy (non-hydrogen) atoms. The van der Waals surface area contributed by atoms with Crippen molar-refractivity contribution < 1.29 is 0 Å². The highest BCUT2D eigenvalue weighted by molar-refractivity contribution is 7.99. The van der Waals surface area contributed by atoms with Crippen LogP contribution in [-0.2, 0) is 6.54 Å². The van der Waals surface area contributed by atoms with E-state index >= 15 is 0 Å². The number of halogens is 2. The molecular formula is C14H13Cl2NS. The Morgan fingerprint density at radius 3 is 2.56 bits per heavy atom. The van der Waals surface area contributed by atoms with E-state index in [9.17, 15) is 0 Å². The Morgan fingerprint density at radius 2 is 1.83 bits per heavy atom. The van der Waals surface area contributed by atoms with Crippen LogP contribution in [0.2, 0.25) is 10.0 Å². The van der Waals surface area contributed by atoms with Crippen LogP contribution in [0.4, 0.5) is 0 Å². The van der Waals surface area contributed by atoms with Crippen molar-refractivity contribution in [2.75, 3.05) is 7.05 Å². The van der Waals surface area contributed by atoms with Crippen LogP contribution >= 0.6 is 35.0 Å². The van der Waals surface area contributed by atoms with Crippen molar-refractivity contribution in [2.45, 2.75) is 16.3 Å². The summed E-state index contributed by atoms with van der Waals surface area (Å²) >= 11 is 13.7. The minimum absolute atomic E-state index is 0.747. The zero-order valence-electron chi connectivity index (χ0n) is 9.91. The molecule has 0 unspecified atom stereocenters. The van der Waals surface area contributed by atoms with E-state index in [0.29, 0.717) is 0 Å². The first-order valence-corrected chi connectivity index (χ1v) is 7.13. The Bertz CT molecular complexity index is 543. The van der Waals surface area contributed by atoms with Gasteiger partial charge in [-0.25, -0.2) is 0 Å². The second kappa shape index (κ2) is 6.48. The van der Waals surface area contributed by atoms with E-state index in [-0.39, 0.29) is 0 Å². The molecule has 1 nitrogen and oxygen atoms in total. The van der Waals surface area contributed by atoms with E-state index in [4.69, 9.17) is 23.2 Å². The molecule has 1 N–H and O–H groups in total. The van der Waals surface area contributed by atoms with Gasteiger partial charge in [-0.3, -0.25) is 0 Å². The molecule has 0 radical (unpaired) electrons. The van der Waals surface area contributed by atoms with Gasteiger partial charge in [-0.2, -0.15) is 0 Å². The van der Waals surface area contributed by atoms with Crippen molar-refractivity contribution in [1.29, 1.82) is 0 Å². The van der Waals surface area contributed by atoms with Crippen molar-refractivity contribution >= 4 is 35.0 Å². The Balaban J connectivity index is 2.29. The lowest BCUT2D eigenvalue weighted by Crippen LogP contribution is -2.05. The van der Waals surface area contributed by atoms with Gasteiger partial charge < -0.3 is 5.32 Å². The molecule has 0 bridgehead atoms. The van der Waals surface area contributed by atoms with Gasteiger partial charge in [0, 0.05) is 26.4 Å². The fraction of sp³-hybridized carbons (Fsp3) is 0.143. The summed E-state index contributed by atoms with van der Waals surface area (Å²) in [5.41, 5.74) is 1.23. The van der Waals surface area contributed by atoms with Gasteiger partial charge in [0.05, 0.1) is 0 Å². The van der Waals surface area contributed by atoms with Crippen molar-refractivity contribution in [3.05, 3.63) is 58.1 Å². The smallest absolute Gasteiger partial charge is 0.0417 e. The molecule has 0 spiro atoms. The van der Waals surface area contributed by atoms with E-state index in [1.54, 1.807) is 11.8 Å². The molecule has 0 fully saturated rings. The van der Waals surface area contributed by atoms with Crippen LogP contribution in [0.25, 0.3) is 0 Å². The van der Waals surface area contributed by atoms with Crippen molar-refractivity contribution in [3.8, 4) is 0 Å². The van der Waals surface area contributed by atoms with Crippen molar-refractivity contribution in [3.63, 3.8) is 0 Å². The average Bonchev–Trinajstić information content (AvgIpc) is 2.33. The lowest BCUT2D eigenvalue weighted by Gasteiger charge is -2.09. The summed E-state index contributed by atoms with van der Waals surface area (Å²) in [5.74, 6) is 0. The lowest BCUT2D eigenvalue weighted by molar-refractivity contribution is 0.803. The maximum Gasteiger partial charge on any atom is 0.0417 e. The third-order valence-corrected chi connectivity index (χ3v) is 3.98. The Kier molecular flexibility index (Phi) is 4.95. The number of hydrogen-bond acceptors (Lipinski definition) is 2. The molecule has 0 saturated heterocycles. The topological polar surface area (TPSA) is 12.0 Å². The number of hydrogen-bond donors (Lipinski definition) is 1. The third-order valence-electron chi connectivity index (χ3n) is 2.42. The normalized spacial score (nSPS) is 10.6. The maximum atomic E-state index is 6.05. The summed E-state index contributed by atoms with van der Waals surface area (Å²) in [6.07, 6.45) is 0. The molecule has 0 saturated carbocycles. The third kappa shape index (κ3) is 3.66. The molecule has 4 heteroatoms. The van der Waals surface area contributed by atoms with Crippen molar-refractivity contribution in [1.82, 2.24) is 5.32 Å². The second-order valence-electron chi connectivity index (χ2n) is 3.84. The fourth-order valence-corrected chi connectivity index (χ4v) is 3.15. The minimum atomic E-state index is 0.747. The SMILES string of the molecule is CNCc1ccc(Cl)cc1Sc1cccc(Cl)c1. The van der Waals surface area contributed by atoms with Gasteiger partial charge in [0.2, 0.25) is 0 Å². The number of nitrogens with one attached hydrogen (secondary N) is 1. The highest BCUT2D eigenvalue weighted by Crippen LogP contribution is 2.33. The molecule has 0 amide bonds. The quantitative estimate of drug-likeness (QED) is 0.864. The molecule has 94 valence electrons. The van der Waals surface area contributed by atoms with Crippen LogP contribution < -0.4 is 5.32 Å². The lowest BCUT2D eigenvalue weighted by atomic mass is 10.2. The molecule has 0 aliphatic carbocycles. The summed E-state index contributed by atoms with van der Waals surface area (Å²) in [7, 11) is 1.93. The second-order valence-corrected chi connectivity index (χ2v) is 5.83. The first kappa shape index (κ1) is 13.8. The number of rotatable bonds is 4. The minimum Gasteiger partial charge on any atom is -0.316 e. The molecule has 2 aromatic rings. The van der Waals surface area contributed by atoms with Crippen LogP contribution in [0.1, 0.15) is 5.56 Å². The standard InChI is InChI=1S/C14H13Cl2NS/c1-17-9-10-5-6-12(16)8-14(10)18-13-4-2-3-11(15)7-13/h2-8,17H,9H2,1H3. The summed E-state index contributed by atoms with van der Waals surface area (Å²) in [6.45, 7) is 0.820. The average molecular weight is 298 g/mol. The Hall–Kier alpha value is -0.670. The van der Waals surface area contributed by atoms with Gasteiger partial charge in [0.15, 0.2) is 0 Å². The summed E-state index contributed by atoms with van der Waals surface area (Å²) in [5, 5.41) is 4.66. The molecule has 0 aliphatic heterocycles. The maximum absolute atomic E-state index is 6.05. The van der Waals surface area contributed by atoms with Gasteiger partial charge in [-0.05, 0) is 42.9 Å². The highest BCUT2D eigenvalue weighted by Gasteiger charge is 2.05. The van der Waals surface area contributed by atoms with Crippen LogP contribution in [0, 0.1) is 0 Å². The van der Waals surface area contributed by atoms with Crippen molar-refractivity contribution in [2.24, 2.45) is 0 Å². The largest absolute Gasteiger partial charge is 0.316 e. The fourth-order valence-electron chi connectivity index (χ4n) is 1.62. The molecule has 2 aromatic carbocycles. The Labute approximate surface area is 121 Å². The highest BCUT2D eigenvalue weighted by atomic mass is 35.5. The zero-order valence-corrected chi connectivity index (χ0v) is 12.2. The molecule has 0 aromatic heterocycles. The van der Waals surface area contributed by atoms with Gasteiger partial charge in [-0.1, -0.05) is 47.1 Å². The molecular weight excluding hydrogens is 285 g/mol. The van der Waals surface area contributed by atoms with E-state index in [2.05, 4.69) is 5.32 Å². The first-order chi connectivity index (χ1) is 8.69. The summed E-state index contributed by atoms with van der Waals surface area (Å²) in [4.78, 5) is 2.27. The Morgan fingerprint density at radius 1 is 1.06 bits per heavy atom. The molecule has 0 atom stereocenters. The summed E-state index contributed by atoms with van der Waals surface area (Å²) in [6, 6.07) is 13.8. The first-order valence-electron chi connectivity index (χ1n) is 5.55. The van der Waals surface area contributed by atoms with Crippen LogP contribution in [0.15, 0.2) is 52.3 Å². The van der Waals surface area contributed by atoms with E-state index in [1.165, 1.54) is 5.56 Å². The van der Waals surface area contributed by atoms with E-state index in [1.807, 2.05) is 49.5 Å². The van der Waals surface area contributed by atoms with Crippen LogP contribution in [0.5, 0.6) is 0 Å². The number of benzene rings is 2. The molecule has 0 heterocycles. The van der Waals surface area contributed by atoms with Crippen LogP contribution in [0.3, 0.4) is 0 Å². The van der Waals surface area contributed by atoms with E-state index < -0.39 is 0 Å². The van der Waals surface area contributed by atoms with Gasteiger partial charge >= 0.3 is 0 Å². The zero-order chi connectivity index (χ0) is 13.0. The van der Waals surface area contributed by atoms with Gasteiger partial charge in [0.1, 0.15) is 0 Å². The van der Waals surface area contributed by atoms with Gasteiger partial charge in [-0.15, -0.1) is 0 Å². The van der Waals surface area contributed by atoms with E-state index in [0.717, 1.165) is 26.4 Å². The molecule has 0 aliphatic rings. The summed E-state index contributed by atoms with van der Waals surface area (Å²) < 4.78 is 0. The predicted octanol–water partition coefficient (Wildman–Crippen LogP) is 4.86. The monoisotopic (exact) mass is 297 g/mol.